The monoisotopic (exact) mass is 241 g/mol. The number of nitrogens with one attached hydrogen (secondary N) is 3. The van der Waals surface area contributed by atoms with Gasteiger partial charge in [-0.05, 0) is 6.42 Å². The summed E-state index contributed by atoms with van der Waals surface area (Å²) >= 11 is 0. The Morgan fingerprint density at radius 3 is 3.12 bits per heavy atom. The molecule has 0 bridgehead atoms. The maximum atomic E-state index is 11.7. The minimum atomic E-state index is -0.559. The van der Waals surface area contributed by atoms with Crippen LogP contribution in [0, 0.1) is 0 Å². The fourth-order valence-corrected chi connectivity index (χ4v) is 1.74. The molecule has 17 heavy (non-hydrogen) atoms. The van der Waals surface area contributed by atoms with Crippen molar-refractivity contribution in [3.63, 3.8) is 0 Å². The van der Waals surface area contributed by atoms with E-state index in [1.165, 1.54) is 5.01 Å². The van der Waals surface area contributed by atoms with Gasteiger partial charge < -0.3 is 20.7 Å². The van der Waals surface area contributed by atoms with Crippen LogP contribution in [-0.4, -0.2) is 36.2 Å². The normalized spacial score (nSPS) is 27.6. The zero-order chi connectivity index (χ0) is 12.3. The van der Waals surface area contributed by atoms with Crippen LogP contribution in [0.2, 0.25) is 0 Å². The summed E-state index contributed by atoms with van der Waals surface area (Å²) in [5, 5.41) is 4.08. The van der Waals surface area contributed by atoms with Crippen LogP contribution in [0.5, 0.6) is 0 Å². The second kappa shape index (κ2) is 5.13. The second-order valence-corrected chi connectivity index (χ2v) is 3.79. The van der Waals surface area contributed by atoms with Gasteiger partial charge >= 0.3 is 6.09 Å². The van der Waals surface area contributed by atoms with Crippen LogP contribution in [-0.2, 0) is 9.53 Å². The molecule has 1 saturated heterocycles. The number of hydrazine groups is 2. The van der Waals surface area contributed by atoms with Gasteiger partial charge in [0.1, 0.15) is 6.29 Å². The molecule has 8 nitrogen and oxygen atoms in total. The number of ether oxygens (including phenoxy) is 1. The largest absolute Gasteiger partial charge is 0.431 e. The Balaban J connectivity index is 1.85. The highest BCUT2D eigenvalue weighted by Crippen LogP contribution is 2.14. The van der Waals surface area contributed by atoms with Crippen LogP contribution >= 0.6 is 0 Å². The Morgan fingerprint density at radius 2 is 2.47 bits per heavy atom. The maximum Gasteiger partial charge on any atom is 0.431 e. The summed E-state index contributed by atoms with van der Waals surface area (Å²) < 4.78 is 5.18. The molecular weight excluding hydrogens is 226 g/mol. The molecule has 1 amide bonds. The van der Waals surface area contributed by atoms with Crippen molar-refractivity contribution < 1.29 is 14.3 Å². The third kappa shape index (κ3) is 2.54. The molecule has 0 aliphatic carbocycles. The third-order valence-electron chi connectivity index (χ3n) is 2.64. The number of nitrogens with zero attached hydrogens (tertiary/aromatic N) is 1. The average molecular weight is 241 g/mol. The van der Waals surface area contributed by atoms with Gasteiger partial charge in [0.15, 0.2) is 6.23 Å². The minimum Gasteiger partial charge on any atom is -0.429 e. The van der Waals surface area contributed by atoms with Crippen LogP contribution < -0.4 is 22.0 Å². The smallest absolute Gasteiger partial charge is 0.429 e. The number of carbonyl (C=O) groups is 2. The van der Waals surface area contributed by atoms with Gasteiger partial charge in [0, 0.05) is 19.2 Å². The summed E-state index contributed by atoms with van der Waals surface area (Å²) in [6.45, 7) is 0.212. The van der Waals surface area contributed by atoms with E-state index in [2.05, 4.69) is 16.3 Å². The van der Waals surface area contributed by atoms with Crippen molar-refractivity contribution in [2.45, 2.75) is 25.1 Å². The number of hydrogen-bond acceptors (Lipinski definition) is 7. The van der Waals surface area contributed by atoms with E-state index in [9.17, 15) is 9.59 Å². The van der Waals surface area contributed by atoms with Crippen molar-refractivity contribution >= 4 is 12.4 Å². The second-order valence-electron chi connectivity index (χ2n) is 3.79. The van der Waals surface area contributed by atoms with Crippen molar-refractivity contribution in [2.24, 2.45) is 5.73 Å². The van der Waals surface area contributed by atoms with E-state index in [1.54, 1.807) is 6.20 Å². The first-order valence-electron chi connectivity index (χ1n) is 5.37. The summed E-state index contributed by atoms with van der Waals surface area (Å²) in [5.41, 5.74) is 11.3. The molecule has 2 heterocycles. The maximum absolute atomic E-state index is 11.7. The minimum absolute atomic E-state index is 0.212. The third-order valence-corrected chi connectivity index (χ3v) is 2.64. The molecule has 0 aromatic heterocycles. The first kappa shape index (κ1) is 11.8. The van der Waals surface area contributed by atoms with E-state index in [1.807, 2.05) is 0 Å². The van der Waals surface area contributed by atoms with E-state index in [0.717, 1.165) is 6.29 Å². The van der Waals surface area contributed by atoms with Gasteiger partial charge in [0.25, 0.3) is 0 Å². The summed E-state index contributed by atoms with van der Waals surface area (Å²) in [6, 6.07) is -0.234. The molecule has 0 radical (unpaired) electrons. The fourth-order valence-electron chi connectivity index (χ4n) is 1.74. The molecule has 2 aliphatic rings. The molecule has 1 fully saturated rings. The molecule has 2 rings (SSSR count). The van der Waals surface area contributed by atoms with Gasteiger partial charge in [-0.2, -0.15) is 5.01 Å². The zero-order valence-electron chi connectivity index (χ0n) is 9.18. The van der Waals surface area contributed by atoms with Crippen LogP contribution in [0.4, 0.5) is 4.79 Å². The molecule has 2 aliphatic heterocycles. The molecule has 2 unspecified atom stereocenters. The van der Waals surface area contributed by atoms with E-state index in [0.29, 0.717) is 18.5 Å². The topological polar surface area (TPSA) is 109 Å². The lowest BCUT2D eigenvalue weighted by molar-refractivity contribution is -0.109. The molecule has 0 spiro atoms. The summed E-state index contributed by atoms with van der Waals surface area (Å²) in [6.07, 6.45) is 2.70. The Bertz CT molecular complexity index is 346. The Kier molecular flexibility index (Phi) is 3.57. The highest BCUT2D eigenvalue weighted by atomic mass is 16.6. The van der Waals surface area contributed by atoms with Crippen LogP contribution in [0.25, 0.3) is 0 Å². The molecule has 0 aromatic rings. The lowest BCUT2D eigenvalue weighted by atomic mass is 10.2. The van der Waals surface area contributed by atoms with Gasteiger partial charge in [-0.1, -0.05) is 0 Å². The lowest BCUT2D eigenvalue weighted by Crippen LogP contribution is -2.46. The number of rotatable bonds is 3. The number of nitrogens with two attached hydrogens (primary N) is 1. The molecule has 94 valence electrons. The Morgan fingerprint density at radius 1 is 1.65 bits per heavy atom. The van der Waals surface area contributed by atoms with Gasteiger partial charge in [-0.25, -0.2) is 4.79 Å². The molecule has 5 N–H and O–H groups in total. The first-order chi connectivity index (χ1) is 8.24. The summed E-state index contributed by atoms with van der Waals surface area (Å²) in [4.78, 5) is 22.3. The summed E-state index contributed by atoms with van der Waals surface area (Å²) in [7, 11) is 0. The fraction of sp³-hybridized carbons (Fsp3) is 0.556. The molecule has 0 aromatic carbocycles. The highest BCUT2D eigenvalue weighted by molar-refractivity contribution is 5.70. The summed E-state index contributed by atoms with van der Waals surface area (Å²) in [5.74, 6) is 0. The van der Waals surface area contributed by atoms with Crippen molar-refractivity contribution in [2.75, 3.05) is 6.54 Å². The van der Waals surface area contributed by atoms with E-state index >= 15 is 0 Å². The van der Waals surface area contributed by atoms with Gasteiger partial charge in [0.05, 0.1) is 11.7 Å². The van der Waals surface area contributed by atoms with Crippen molar-refractivity contribution in [1.82, 2.24) is 21.3 Å². The standard InChI is InChI=1S/C9H15N5O3/c10-3-7-4-11-13-14(7)9(16)17-8-2-1-6(5-15)12-8/h4-6,8,11-13H,1-3,10H2. The SMILES string of the molecule is NCC1=CNNN1C(=O)OC1CCC(C=O)N1. The van der Waals surface area contributed by atoms with Gasteiger partial charge in [-0.3, -0.25) is 5.32 Å². The molecular formula is C9H15N5O3. The van der Waals surface area contributed by atoms with E-state index in [-0.39, 0.29) is 12.6 Å². The number of aldehydes is 1. The molecule has 0 saturated carbocycles. The lowest BCUT2D eigenvalue weighted by Gasteiger charge is -2.20. The Labute approximate surface area is 98.1 Å². The number of carbonyl (C=O) groups excluding carboxylic acids is 2. The predicted octanol–water partition coefficient (Wildman–Crippen LogP) is -1.48. The van der Waals surface area contributed by atoms with E-state index in [4.69, 9.17) is 10.5 Å². The number of amides is 1. The molecule has 2 atom stereocenters. The quantitative estimate of drug-likeness (QED) is 0.446. The van der Waals surface area contributed by atoms with E-state index < -0.39 is 12.3 Å². The van der Waals surface area contributed by atoms with Crippen LogP contribution in [0.3, 0.4) is 0 Å². The number of hydrogen-bond donors (Lipinski definition) is 4. The predicted molar refractivity (Wildman–Crippen MR) is 57.7 cm³/mol. The Hall–Kier alpha value is -1.64. The van der Waals surface area contributed by atoms with Gasteiger partial charge in [0.2, 0.25) is 0 Å². The van der Waals surface area contributed by atoms with Gasteiger partial charge in [-0.15, -0.1) is 5.53 Å². The highest BCUT2D eigenvalue weighted by Gasteiger charge is 2.30. The average Bonchev–Trinajstić information content (AvgIpc) is 2.96. The van der Waals surface area contributed by atoms with Crippen molar-refractivity contribution in [3.05, 3.63) is 11.9 Å². The molecule has 8 heteroatoms. The zero-order valence-corrected chi connectivity index (χ0v) is 9.18. The van der Waals surface area contributed by atoms with Crippen molar-refractivity contribution in [3.8, 4) is 0 Å². The van der Waals surface area contributed by atoms with Crippen LogP contribution in [0.15, 0.2) is 11.9 Å². The van der Waals surface area contributed by atoms with Crippen molar-refractivity contribution in [1.29, 1.82) is 0 Å². The first-order valence-corrected chi connectivity index (χ1v) is 5.37. The van der Waals surface area contributed by atoms with Crippen LogP contribution in [0.1, 0.15) is 12.8 Å².